The molecule has 94 heavy (non-hydrogen) atoms. The van der Waals surface area contributed by atoms with Gasteiger partial charge >= 0.3 is 27.4 Å². The van der Waals surface area contributed by atoms with Crippen LogP contribution in [0.1, 0.15) is 0 Å². The van der Waals surface area contributed by atoms with Gasteiger partial charge in [0, 0.05) is 64.0 Å². The third-order valence-electron chi connectivity index (χ3n) is 12.6. The summed E-state index contributed by atoms with van der Waals surface area (Å²) in [7, 11) is -6.53. The van der Waals surface area contributed by atoms with E-state index in [2.05, 4.69) is 34.3 Å². The normalized spacial score (nSPS) is 11.1. The van der Waals surface area contributed by atoms with Crippen LogP contribution >= 0.6 is 58.9 Å². The van der Waals surface area contributed by atoms with Crippen molar-refractivity contribution in [1.29, 1.82) is 0 Å². The maximum Gasteiger partial charge on any atom is 0.490 e. The molecule has 0 aliphatic carbocycles. The van der Waals surface area contributed by atoms with Crippen LogP contribution in [0.2, 0.25) is 10.0 Å². The lowest BCUT2D eigenvalue weighted by Crippen LogP contribution is -2.30. The molecular formula is C56H38BBrCl2F12N4O14P2S2. The van der Waals surface area contributed by atoms with E-state index in [-0.39, 0.29) is 107 Å². The van der Waals surface area contributed by atoms with E-state index in [1.807, 2.05) is 0 Å². The molecule has 0 saturated heterocycles. The van der Waals surface area contributed by atoms with Crippen molar-refractivity contribution in [1.82, 2.24) is 19.1 Å². The molecule has 4 aromatic heterocycles. The number of aromatic nitrogens is 4. The number of hydrogen-bond donors (Lipinski definition) is 2. The zero-order valence-corrected chi connectivity index (χ0v) is 55.0. The van der Waals surface area contributed by atoms with E-state index < -0.39 is 130 Å². The van der Waals surface area contributed by atoms with E-state index in [0.717, 1.165) is 69.8 Å². The average Bonchev–Trinajstić information content (AvgIpc) is 0.768. The molecule has 0 aliphatic heterocycles. The number of nitrogens with zero attached hydrogens (tertiary/aromatic N) is 4. The Morgan fingerprint density at radius 2 is 0.862 bits per heavy atom. The summed E-state index contributed by atoms with van der Waals surface area (Å²) in [5.41, 5.74) is -0.860. The van der Waals surface area contributed by atoms with Gasteiger partial charge in [0.15, 0.2) is 0 Å². The molecule has 0 bridgehead atoms. The summed E-state index contributed by atoms with van der Waals surface area (Å²) < 4.78 is 248. The van der Waals surface area contributed by atoms with Gasteiger partial charge in [-0.1, -0.05) is 23.2 Å². The molecule has 4 heterocycles. The highest BCUT2D eigenvalue weighted by molar-refractivity contribution is 9.10. The summed E-state index contributed by atoms with van der Waals surface area (Å²) in [6.07, 6.45) is 2.60. The SMILES string of the molecule is COc1cc(-c2cnc(OC)c(Cl)c2)c(F)cc1-n1c(=O)ccc2cc(S(=O)(=O)Oc3c(F)c(F)c(F)c(F)c3F)ccc21.COc1cc(Br)c(F)cc1-n1c(=O)ccc2cc(S(=O)(=O)Oc3c(F)c(F)c(F)c(F)c3F)ccc21.COc1ncc(B(O)O)cc1Cl.P.P. The lowest BCUT2D eigenvalue weighted by Gasteiger charge is -2.17. The third-order valence-corrected chi connectivity index (χ3v) is 16.2. The maximum absolute atomic E-state index is 15.5. The fourth-order valence-electron chi connectivity index (χ4n) is 8.30. The van der Waals surface area contributed by atoms with Gasteiger partial charge in [0.1, 0.15) is 43.0 Å². The highest BCUT2D eigenvalue weighted by Gasteiger charge is 2.33. The lowest BCUT2D eigenvalue weighted by molar-refractivity contribution is 0.346. The summed E-state index contributed by atoms with van der Waals surface area (Å²) in [5.74, 6) is -29.6. The number of ether oxygens (including phenoxy) is 4. The first-order valence-corrected chi connectivity index (χ1v) is 29.1. The fraction of sp³-hybridized carbons (Fsp3) is 0.0714. The van der Waals surface area contributed by atoms with Crippen molar-refractivity contribution in [2.75, 3.05) is 28.4 Å². The van der Waals surface area contributed by atoms with Gasteiger partial charge in [-0.05, 0) is 88.7 Å². The average molecular weight is 1510 g/mol. The smallest absolute Gasteiger partial charge is 0.490 e. The van der Waals surface area contributed by atoms with Crippen LogP contribution in [0, 0.1) is 69.8 Å². The number of fused-ring (bicyclic) bond motifs is 2. The summed E-state index contributed by atoms with van der Waals surface area (Å²) in [5, 5.41) is 17.9. The van der Waals surface area contributed by atoms with Crippen molar-refractivity contribution >= 4 is 114 Å². The molecule has 0 amide bonds. The van der Waals surface area contributed by atoms with Gasteiger partial charge in [0.2, 0.25) is 81.4 Å². The minimum atomic E-state index is -5.18. The molecule has 2 unspecified atom stereocenters. The second-order valence-corrected chi connectivity index (χ2v) is 22.9. The van der Waals surface area contributed by atoms with Gasteiger partial charge in [-0.15, -0.1) is 0 Å². The molecule has 0 spiro atoms. The Bertz CT molecular complexity index is 4970. The van der Waals surface area contributed by atoms with Crippen LogP contribution in [0.15, 0.2) is 133 Å². The standard InChI is InChI=1S/C28H15ClF6N2O6S.C22H10BrF6NO5S.C6H7BClNO3.2H3P/c1-41-20-9-15(13-8-16(29)28(42-2)36-11-13)17(30)10-19(20)37-18-5-4-14(7-12(18)3-6-21(37)38)44(39,40)43-27-25(34)23(32)22(31)24(33)26(27)35;1-34-15-7-11(23)12(24)8-14(15)30-13-4-3-10(6-9(13)2-5-16(30)31)36(32,33)35-22-20(28)18(26)17(25)19(27)21(22)29;1-12-6-5(8)2-4(3-9-6)7(10)11;;/h3-11H,1-2H3;2-8H,1H3;2-3,10-11H,1H3;2*1H3. The van der Waals surface area contributed by atoms with Crippen LogP contribution in [0.25, 0.3) is 44.3 Å². The highest BCUT2D eigenvalue weighted by atomic mass is 79.9. The van der Waals surface area contributed by atoms with Crippen LogP contribution in [-0.4, -0.2) is 81.5 Å². The van der Waals surface area contributed by atoms with Crippen molar-refractivity contribution < 1.29 is 107 Å². The Hall–Kier alpha value is -8.20. The van der Waals surface area contributed by atoms with Crippen molar-refractivity contribution in [2.45, 2.75) is 9.79 Å². The molecule has 2 N–H and O–H groups in total. The number of halogens is 15. The van der Waals surface area contributed by atoms with E-state index in [1.54, 1.807) is 0 Å². The monoisotopic (exact) mass is 1500 g/mol. The lowest BCUT2D eigenvalue weighted by atomic mass is 9.82. The van der Waals surface area contributed by atoms with Gasteiger partial charge in [-0.25, -0.2) is 45.1 Å². The second kappa shape index (κ2) is 30.0. The molecule has 6 aromatic carbocycles. The summed E-state index contributed by atoms with van der Waals surface area (Å²) >= 11 is 14.8. The van der Waals surface area contributed by atoms with Gasteiger partial charge in [-0.2, -0.15) is 54.2 Å². The zero-order chi connectivity index (χ0) is 67.7. The van der Waals surface area contributed by atoms with Gasteiger partial charge < -0.3 is 37.4 Å². The summed E-state index contributed by atoms with van der Waals surface area (Å²) in [6.45, 7) is 0. The molecule has 0 saturated carbocycles. The summed E-state index contributed by atoms with van der Waals surface area (Å²) in [4.78, 5) is 31.9. The van der Waals surface area contributed by atoms with Crippen molar-refractivity contribution in [3.05, 3.63) is 214 Å². The number of methoxy groups -OCH3 is 4. The molecular weight excluding hydrogens is 1470 g/mol. The Morgan fingerprint density at radius 1 is 0.479 bits per heavy atom. The second-order valence-electron chi connectivity index (χ2n) is 18.1. The molecule has 10 rings (SSSR count). The zero-order valence-electron chi connectivity index (χ0n) is 47.5. The Morgan fingerprint density at radius 3 is 1.24 bits per heavy atom. The first-order chi connectivity index (χ1) is 43.3. The van der Waals surface area contributed by atoms with E-state index in [4.69, 9.17) is 52.2 Å². The Kier molecular flexibility index (Phi) is 23.9. The number of rotatable bonds is 14. The van der Waals surface area contributed by atoms with E-state index in [1.165, 1.54) is 77.2 Å². The molecule has 0 radical (unpaired) electrons. The first-order valence-electron chi connectivity index (χ1n) is 24.7. The topological polar surface area (TPSA) is 234 Å². The minimum absolute atomic E-state index is 0. The molecule has 18 nitrogen and oxygen atoms in total. The first kappa shape index (κ1) is 74.8. The molecule has 496 valence electrons. The van der Waals surface area contributed by atoms with Crippen LogP contribution in [0.4, 0.5) is 52.7 Å². The van der Waals surface area contributed by atoms with Crippen LogP contribution in [0.3, 0.4) is 0 Å². The number of benzene rings is 6. The van der Waals surface area contributed by atoms with Crippen molar-refractivity contribution in [2.24, 2.45) is 0 Å². The molecule has 2 atom stereocenters. The fourth-order valence-corrected chi connectivity index (χ4v) is 11.1. The maximum atomic E-state index is 15.5. The van der Waals surface area contributed by atoms with E-state index in [0.29, 0.717) is 0 Å². The Balaban J connectivity index is 0.000000252. The molecule has 10 aromatic rings. The molecule has 38 heteroatoms. The Labute approximate surface area is 546 Å². The number of hydrogen-bond acceptors (Lipinski definition) is 16. The van der Waals surface area contributed by atoms with Crippen molar-refractivity contribution in [3.63, 3.8) is 0 Å². The van der Waals surface area contributed by atoms with Gasteiger partial charge in [0.05, 0.1) is 55.3 Å². The quantitative estimate of drug-likeness (QED) is 0.0257. The molecule has 0 aliphatic rings. The van der Waals surface area contributed by atoms with Crippen molar-refractivity contribution in [3.8, 4) is 57.3 Å². The molecule has 0 fully saturated rings. The summed E-state index contributed by atoms with van der Waals surface area (Å²) in [6, 6.07) is 17.5. The van der Waals surface area contributed by atoms with Crippen LogP contribution < -0.4 is 43.9 Å². The van der Waals surface area contributed by atoms with Gasteiger partial charge in [-0.3, -0.25) is 18.7 Å². The van der Waals surface area contributed by atoms with Crippen LogP contribution in [0.5, 0.6) is 34.8 Å². The highest BCUT2D eigenvalue weighted by Crippen LogP contribution is 2.38. The predicted octanol–water partition coefficient (Wildman–Crippen LogP) is 11.2. The van der Waals surface area contributed by atoms with Crippen LogP contribution in [-0.2, 0) is 20.2 Å². The predicted molar refractivity (Wildman–Crippen MR) is 331 cm³/mol. The van der Waals surface area contributed by atoms with E-state index >= 15 is 4.39 Å². The third kappa shape index (κ3) is 15.0. The van der Waals surface area contributed by atoms with Gasteiger partial charge in [0.25, 0.3) is 11.1 Å². The minimum Gasteiger partial charge on any atom is -0.495 e. The number of pyridine rings is 4. The van der Waals surface area contributed by atoms with E-state index in [9.17, 15) is 74.7 Å². The largest absolute Gasteiger partial charge is 0.495 e.